The van der Waals surface area contributed by atoms with Gasteiger partial charge in [-0.15, -0.1) is 0 Å². The number of methoxy groups -OCH3 is 1. The number of carbonyl (C=O) groups excluding carboxylic acids is 2. The third-order valence-electron chi connectivity index (χ3n) is 1.93. The van der Waals surface area contributed by atoms with E-state index < -0.39 is 11.9 Å². The zero-order valence-corrected chi connectivity index (χ0v) is 12.9. The maximum Gasteiger partial charge on any atom is 0.342 e. The van der Waals surface area contributed by atoms with Gasteiger partial charge in [0.05, 0.1) is 23.3 Å². The maximum atomic E-state index is 11.5. The number of halogens is 2. The summed E-state index contributed by atoms with van der Waals surface area (Å²) in [4.78, 5) is 22.9. The van der Waals surface area contributed by atoms with Gasteiger partial charge < -0.3 is 9.47 Å². The molecule has 0 saturated carbocycles. The third-order valence-corrected chi connectivity index (χ3v) is 2.26. The molecule has 0 fully saturated rings. The second-order valence-corrected chi connectivity index (χ2v) is 4.10. The predicted octanol–water partition coefficient (Wildman–Crippen LogP) is 3.76. The molecule has 0 aromatic heterocycles. The Kier molecular flexibility index (Phi) is 9.67. The van der Waals surface area contributed by atoms with Gasteiger partial charge in [-0.3, -0.25) is 0 Å². The van der Waals surface area contributed by atoms with Crippen molar-refractivity contribution in [2.45, 2.75) is 0 Å². The molecule has 0 radical (unpaired) electrons. The molecule has 0 bridgehead atoms. The van der Waals surface area contributed by atoms with E-state index in [2.05, 4.69) is 17.9 Å². The molecule has 0 heterocycles. The van der Waals surface area contributed by atoms with Crippen molar-refractivity contribution in [3.05, 3.63) is 71.5 Å². The number of carbonyl (C=O) groups is 2. The van der Waals surface area contributed by atoms with E-state index in [1.807, 2.05) is 0 Å². The summed E-state index contributed by atoms with van der Waals surface area (Å²) in [5.41, 5.74) is 1.34. The van der Waals surface area contributed by atoms with Crippen LogP contribution in [0, 0.1) is 0 Å². The van der Waals surface area contributed by atoms with E-state index in [9.17, 15) is 9.59 Å². The van der Waals surface area contributed by atoms with Crippen molar-refractivity contribution in [3.8, 4) is 0 Å². The molecule has 0 aromatic rings. The van der Waals surface area contributed by atoms with Crippen molar-refractivity contribution in [1.29, 1.82) is 0 Å². The van der Waals surface area contributed by atoms with Gasteiger partial charge in [0.2, 0.25) is 0 Å². The van der Waals surface area contributed by atoms with Gasteiger partial charge in [-0.25, -0.2) is 9.59 Å². The molecule has 0 unspecified atom stereocenters. The van der Waals surface area contributed by atoms with Crippen molar-refractivity contribution in [1.82, 2.24) is 0 Å². The minimum atomic E-state index is -0.688. The van der Waals surface area contributed by atoms with E-state index in [4.69, 9.17) is 27.9 Å². The van der Waals surface area contributed by atoms with Crippen molar-refractivity contribution >= 4 is 35.1 Å². The average Bonchev–Trinajstić information content (AvgIpc) is 2.48. The second-order valence-electron chi connectivity index (χ2n) is 3.41. The molecule has 0 amide bonds. The minimum absolute atomic E-state index is 0.000910. The lowest BCUT2D eigenvalue weighted by Gasteiger charge is -2.00. The molecule has 0 aliphatic rings. The molecule has 0 N–H and O–H groups in total. The number of allylic oxidation sites excluding steroid dienone is 4. The molecular weight excluding hydrogens is 315 g/mol. The van der Waals surface area contributed by atoms with E-state index in [-0.39, 0.29) is 16.2 Å². The fraction of sp³-hybridized carbons (Fsp3) is 0.0667. The smallest absolute Gasteiger partial charge is 0.342 e. The van der Waals surface area contributed by atoms with Crippen LogP contribution in [0.2, 0.25) is 0 Å². The maximum absolute atomic E-state index is 11.5. The largest absolute Gasteiger partial charge is 0.465 e. The Morgan fingerprint density at radius 3 is 2.38 bits per heavy atom. The van der Waals surface area contributed by atoms with Crippen LogP contribution in [-0.2, 0) is 19.1 Å². The molecule has 0 aliphatic heterocycles. The van der Waals surface area contributed by atoms with Crippen LogP contribution in [0.1, 0.15) is 0 Å². The molecular formula is C15H14Cl2O4. The topological polar surface area (TPSA) is 52.6 Å². The Labute approximate surface area is 133 Å². The zero-order chi connectivity index (χ0) is 16.3. The van der Waals surface area contributed by atoms with Gasteiger partial charge in [-0.1, -0.05) is 48.5 Å². The summed E-state index contributed by atoms with van der Waals surface area (Å²) >= 11 is 11.2. The lowest BCUT2D eigenvalue weighted by molar-refractivity contribution is -0.135. The van der Waals surface area contributed by atoms with Crippen LogP contribution in [0.4, 0.5) is 0 Å². The van der Waals surface area contributed by atoms with Crippen LogP contribution in [0.25, 0.3) is 0 Å². The van der Waals surface area contributed by atoms with Crippen LogP contribution >= 0.6 is 23.2 Å². The van der Waals surface area contributed by atoms with Crippen LogP contribution in [0.15, 0.2) is 71.5 Å². The fourth-order valence-corrected chi connectivity index (χ4v) is 1.28. The third kappa shape index (κ3) is 7.97. The van der Waals surface area contributed by atoms with Crippen molar-refractivity contribution < 1.29 is 19.1 Å². The van der Waals surface area contributed by atoms with Crippen LogP contribution < -0.4 is 0 Å². The monoisotopic (exact) mass is 328 g/mol. The van der Waals surface area contributed by atoms with Crippen LogP contribution in [-0.4, -0.2) is 19.0 Å². The molecule has 0 atom stereocenters. The van der Waals surface area contributed by atoms with Crippen molar-refractivity contribution in [2.75, 3.05) is 7.11 Å². The number of ether oxygens (including phenoxy) is 2. The Bertz CT molecular complexity index is 540. The highest BCUT2D eigenvalue weighted by Gasteiger charge is 2.07. The van der Waals surface area contributed by atoms with Crippen molar-refractivity contribution in [3.63, 3.8) is 0 Å². The van der Waals surface area contributed by atoms with E-state index >= 15 is 0 Å². The summed E-state index contributed by atoms with van der Waals surface area (Å²) in [6.45, 7) is 6.96. The van der Waals surface area contributed by atoms with Gasteiger partial charge >= 0.3 is 11.9 Å². The summed E-state index contributed by atoms with van der Waals surface area (Å²) in [5.74, 6) is -1.32. The Morgan fingerprint density at radius 2 is 1.86 bits per heavy atom. The first kappa shape index (κ1) is 19.0. The Morgan fingerprint density at radius 1 is 1.19 bits per heavy atom. The molecule has 4 nitrogen and oxygen atoms in total. The Balaban J connectivity index is 4.91. The predicted molar refractivity (Wildman–Crippen MR) is 83.6 cm³/mol. The van der Waals surface area contributed by atoms with Gasteiger partial charge in [-0.2, -0.15) is 0 Å². The highest BCUT2D eigenvalue weighted by molar-refractivity contribution is 6.31. The van der Waals surface area contributed by atoms with Crippen LogP contribution in [0.3, 0.4) is 0 Å². The summed E-state index contributed by atoms with van der Waals surface area (Å²) in [6.07, 6.45) is 7.96. The van der Waals surface area contributed by atoms with Crippen LogP contribution in [0.5, 0.6) is 0 Å². The number of rotatable bonds is 7. The van der Waals surface area contributed by atoms with E-state index in [0.29, 0.717) is 0 Å². The highest BCUT2D eigenvalue weighted by Crippen LogP contribution is 2.12. The van der Waals surface area contributed by atoms with Crippen molar-refractivity contribution in [2.24, 2.45) is 0 Å². The fourth-order valence-electron chi connectivity index (χ4n) is 0.981. The van der Waals surface area contributed by atoms with Gasteiger partial charge in [0.25, 0.3) is 0 Å². The molecule has 21 heavy (non-hydrogen) atoms. The molecule has 112 valence electrons. The number of esters is 2. The van der Waals surface area contributed by atoms with E-state index in [1.54, 1.807) is 0 Å². The average molecular weight is 329 g/mol. The first-order valence-electron chi connectivity index (χ1n) is 5.57. The van der Waals surface area contributed by atoms with Gasteiger partial charge in [0.1, 0.15) is 6.26 Å². The standard InChI is InChI=1S/C15H14Cl2O4/c1-4-5-6-11(2)14(18)21-10-13(17)9-12(7-8-16)15(19)20-3/h4-10H,1-2H2,3H3/b6-5-,8-7+,12-9+,13-10+. The Hall–Kier alpha value is -2.04. The highest BCUT2D eigenvalue weighted by atomic mass is 35.5. The molecule has 0 saturated heterocycles. The normalized spacial score (nSPS) is 12.5. The SMILES string of the molecule is C=C/C=C\C(=C)C(=O)O\C=C(Cl)/C=C(\C=C\Cl)C(=O)OC. The molecule has 0 aliphatic carbocycles. The van der Waals surface area contributed by atoms with Gasteiger partial charge in [-0.05, 0) is 18.2 Å². The number of hydrogen-bond donors (Lipinski definition) is 0. The second kappa shape index (κ2) is 10.7. The zero-order valence-electron chi connectivity index (χ0n) is 11.3. The first-order chi connectivity index (χ1) is 9.96. The summed E-state index contributed by atoms with van der Waals surface area (Å²) in [7, 11) is 1.21. The lowest BCUT2D eigenvalue weighted by Crippen LogP contribution is -2.03. The number of hydrogen-bond acceptors (Lipinski definition) is 4. The summed E-state index contributed by atoms with van der Waals surface area (Å²) < 4.78 is 9.31. The summed E-state index contributed by atoms with van der Waals surface area (Å²) in [6, 6.07) is 0. The molecule has 0 spiro atoms. The van der Waals surface area contributed by atoms with E-state index in [1.165, 1.54) is 37.5 Å². The van der Waals surface area contributed by atoms with E-state index in [0.717, 1.165) is 11.8 Å². The minimum Gasteiger partial charge on any atom is -0.465 e. The molecule has 0 aromatic carbocycles. The molecule has 0 rings (SSSR count). The quantitative estimate of drug-likeness (QED) is 0.309. The van der Waals surface area contributed by atoms with Gasteiger partial charge in [0, 0.05) is 5.54 Å². The first-order valence-corrected chi connectivity index (χ1v) is 6.39. The lowest BCUT2D eigenvalue weighted by atomic mass is 10.2. The van der Waals surface area contributed by atoms with Gasteiger partial charge in [0.15, 0.2) is 0 Å². The summed E-state index contributed by atoms with van der Waals surface area (Å²) in [5, 5.41) is -0.000910. The molecule has 6 heteroatoms.